The van der Waals surface area contributed by atoms with Crippen molar-refractivity contribution in [3.63, 3.8) is 0 Å². The zero-order valence-corrected chi connectivity index (χ0v) is 10.2. The number of nitrogens with zero attached hydrogens (tertiary/aromatic N) is 3. The Balaban J connectivity index is 2.38. The molecule has 0 radical (unpaired) electrons. The fraction of sp³-hybridized carbons (Fsp3) is 0.250. The minimum atomic E-state index is -0.413. The molecule has 0 aliphatic carbocycles. The van der Waals surface area contributed by atoms with Gasteiger partial charge in [0.05, 0.1) is 18.6 Å². The van der Waals surface area contributed by atoms with Crippen LogP contribution in [0.4, 0.5) is 5.69 Å². The standard InChI is InChI=1S/C12H13N3O3/c1-9-13-5-6-14(9)8-10-7-11(15(16)17)3-4-12(10)18-2/h3-7H,8H2,1-2H3. The van der Waals surface area contributed by atoms with Crippen molar-refractivity contribution in [3.05, 3.63) is 52.1 Å². The van der Waals surface area contributed by atoms with Gasteiger partial charge in [-0.1, -0.05) is 0 Å². The van der Waals surface area contributed by atoms with Crippen molar-refractivity contribution >= 4 is 5.69 Å². The van der Waals surface area contributed by atoms with Crippen molar-refractivity contribution in [3.8, 4) is 5.75 Å². The summed E-state index contributed by atoms with van der Waals surface area (Å²) in [6.07, 6.45) is 3.52. The van der Waals surface area contributed by atoms with E-state index in [0.717, 1.165) is 11.4 Å². The largest absolute Gasteiger partial charge is 0.496 e. The van der Waals surface area contributed by atoms with Crippen LogP contribution in [0.5, 0.6) is 5.75 Å². The third-order valence-corrected chi connectivity index (χ3v) is 2.74. The van der Waals surface area contributed by atoms with Crippen molar-refractivity contribution < 1.29 is 9.66 Å². The Kier molecular flexibility index (Phi) is 3.27. The molecular formula is C12H13N3O3. The smallest absolute Gasteiger partial charge is 0.270 e. The molecule has 6 heteroatoms. The van der Waals surface area contributed by atoms with E-state index >= 15 is 0 Å². The van der Waals surface area contributed by atoms with Gasteiger partial charge in [0.2, 0.25) is 0 Å². The van der Waals surface area contributed by atoms with E-state index in [1.165, 1.54) is 12.1 Å². The van der Waals surface area contributed by atoms with E-state index < -0.39 is 4.92 Å². The number of hydrogen-bond acceptors (Lipinski definition) is 4. The van der Waals surface area contributed by atoms with Crippen LogP contribution in [0.2, 0.25) is 0 Å². The van der Waals surface area contributed by atoms with Crippen LogP contribution in [0.25, 0.3) is 0 Å². The lowest BCUT2D eigenvalue weighted by molar-refractivity contribution is -0.384. The summed E-state index contributed by atoms with van der Waals surface area (Å²) in [4.78, 5) is 14.5. The Morgan fingerprint density at radius 1 is 1.50 bits per heavy atom. The lowest BCUT2D eigenvalue weighted by Gasteiger charge is -2.10. The molecule has 0 bridgehead atoms. The predicted octanol–water partition coefficient (Wildman–Crippen LogP) is 2.16. The Morgan fingerprint density at radius 3 is 2.83 bits per heavy atom. The highest BCUT2D eigenvalue weighted by Gasteiger charge is 2.12. The van der Waals surface area contributed by atoms with Crippen molar-refractivity contribution in [2.24, 2.45) is 0 Å². The number of nitro groups is 1. The first kappa shape index (κ1) is 12.1. The van der Waals surface area contributed by atoms with Crippen LogP contribution in [0.1, 0.15) is 11.4 Å². The second-order valence-corrected chi connectivity index (χ2v) is 3.86. The van der Waals surface area contributed by atoms with E-state index in [1.54, 1.807) is 19.4 Å². The molecule has 6 nitrogen and oxygen atoms in total. The zero-order chi connectivity index (χ0) is 13.1. The van der Waals surface area contributed by atoms with Crippen molar-refractivity contribution in [1.82, 2.24) is 9.55 Å². The number of imidazole rings is 1. The van der Waals surface area contributed by atoms with Gasteiger partial charge in [-0.3, -0.25) is 10.1 Å². The average Bonchev–Trinajstić information content (AvgIpc) is 2.75. The van der Waals surface area contributed by atoms with E-state index in [9.17, 15) is 10.1 Å². The maximum absolute atomic E-state index is 10.8. The van der Waals surface area contributed by atoms with Crippen LogP contribution in [0.15, 0.2) is 30.6 Å². The summed E-state index contributed by atoms with van der Waals surface area (Å²) in [5.74, 6) is 1.48. The Labute approximate surface area is 104 Å². The fourth-order valence-corrected chi connectivity index (χ4v) is 1.76. The van der Waals surface area contributed by atoms with E-state index in [0.29, 0.717) is 12.3 Å². The molecule has 1 aromatic carbocycles. The highest BCUT2D eigenvalue weighted by Crippen LogP contribution is 2.25. The van der Waals surface area contributed by atoms with Gasteiger partial charge in [0.15, 0.2) is 0 Å². The number of rotatable bonds is 4. The first-order valence-electron chi connectivity index (χ1n) is 5.41. The van der Waals surface area contributed by atoms with Crippen LogP contribution >= 0.6 is 0 Å². The van der Waals surface area contributed by atoms with E-state index in [1.807, 2.05) is 17.7 Å². The first-order valence-corrected chi connectivity index (χ1v) is 5.41. The summed E-state index contributed by atoms with van der Waals surface area (Å²) < 4.78 is 7.12. The fourth-order valence-electron chi connectivity index (χ4n) is 1.76. The van der Waals surface area contributed by atoms with Crippen LogP contribution in [0, 0.1) is 17.0 Å². The van der Waals surface area contributed by atoms with Gasteiger partial charge in [-0.15, -0.1) is 0 Å². The second kappa shape index (κ2) is 4.87. The predicted molar refractivity (Wildman–Crippen MR) is 65.7 cm³/mol. The van der Waals surface area contributed by atoms with E-state index in [4.69, 9.17) is 4.74 Å². The Bertz CT molecular complexity index is 578. The highest BCUT2D eigenvalue weighted by molar-refractivity contribution is 5.44. The molecule has 1 aromatic heterocycles. The molecule has 94 valence electrons. The van der Waals surface area contributed by atoms with Gasteiger partial charge in [-0.05, 0) is 13.0 Å². The summed E-state index contributed by atoms with van der Waals surface area (Å²) >= 11 is 0. The molecule has 0 atom stereocenters. The van der Waals surface area contributed by atoms with Gasteiger partial charge in [-0.25, -0.2) is 4.98 Å². The Hall–Kier alpha value is -2.37. The normalized spacial score (nSPS) is 10.3. The van der Waals surface area contributed by atoms with Crippen LogP contribution in [-0.4, -0.2) is 21.6 Å². The lowest BCUT2D eigenvalue weighted by atomic mass is 10.1. The van der Waals surface area contributed by atoms with Crippen molar-refractivity contribution in [2.75, 3.05) is 7.11 Å². The summed E-state index contributed by atoms with van der Waals surface area (Å²) in [7, 11) is 1.55. The highest BCUT2D eigenvalue weighted by atomic mass is 16.6. The second-order valence-electron chi connectivity index (χ2n) is 3.86. The van der Waals surface area contributed by atoms with Gasteiger partial charge in [0.25, 0.3) is 5.69 Å². The summed E-state index contributed by atoms with van der Waals surface area (Å²) in [6, 6.07) is 4.57. The lowest BCUT2D eigenvalue weighted by Crippen LogP contribution is -2.03. The summed E-state index contributed by atoms with van der Waals surface area (Å²) in [6.45, 7) is 2.38. The molecule has 1 heterocycles. The van der Waals surface area contributed by atoms with E-state index in [-0.39, 0.29) is 5.69 Å². The summed E-state index contributed by atoms with van der Waals surface area (Å²) in [5, 5.41) is 10.8. The van der Waals surface area contributed by atoms with Gasteiger partial charge in [0, 0.05) is 30.1 Å². The molecule has 18 heavy (non-hydrogen) atoms. The molecule has 2 rings (SSSR count). The molecular weight excluding hydrogens is 234 g/mol. The molecule has 0 N–H and O–H groups in total. The van der Waals surface area contributed by atoms with Crippen molar-refractivity contribution in [1.29, 1.82) is 0 Å². The van der Waals surface area contributed by atoms with Crippen LogP contribution in [-0.2, 0) is 6.54 Å². The molecule has 0 saturated heterocycles. The molecule has 0 spiro atoms. The topological polar surface area (TPSA) is 70.2 Å². The van der Waals surface area contributed by atoms with Crippen molar-refractivity contribution in [2.45, 2.75) is 13.5 Å². The van der Waals surface area contributed by atoms with Gasteiger partial charge >= 0.3 is 0 Å². The molecule has 2 aromatic rings. The maximum Gasteiger partial charge on any atom is 0.270 e. The average molecular weight is 247 g/mol. The molecule has 0 fully saturated rings. The van der Waals surface area contributed by atoms with E-state index in [2.05, 4.69) is 4.98 Å². The molecule has 0 saturated carbocycles. The molecule has 0 aliphatic rings. The minimum absolute atomic E-state index is 0.0589. The maximum atomic E-state index is 10.8. The number of benzene rings is 1. The van der Waals surface area contributed by atoms with Gasteiger partial charge in [-0.2, -0.15) is 0 Å². The number of aryl methyl sites for hydroxylation is 1. The number of aromatic nitrogens is 2. The van der Waals surface area contributed by atoms with Gasteiger partial charge in [0.1, 0.15) is 11.6 Å². The van der Waals surface area contributed by atoms with Gasteiger partial charge < -0.3 is 9.30 Å². The molecule has 0 amide bonds. The SMILES string of the molecule is COc1ccc([N+](=O)[O-])cc1Cn1ccnc1C. The minimum Gasteiger partial charge on any atom is -0.496 e. The van der Waals surface area contributed by atoms with Crippen LogP contribution < -0.4 is 4.74 Å². The number of ether oxygens (including phenoxy) is 1. The Morgan fingerprint density at radius 2 is 2.28 bits per heavy atom. The first-order chi connectivity index (χ1) is 8.61. The molecule has 0 unspecified atom stereocenters. The third kappa shape index (κ3) is 2.32. The van der Waals surface area contributed by atoms with Crippen LogP contribution in [0.3, 0.4) is 0 Å². The third-order valence-electron chi connectivity index (χ3n) is 2.74. The molecule has 0 aliphatic heterocycles. The zero-order valence-electron chi connectivity index (χ0n) is 10.2. The number of non-ortho nitro benzene ring substituents is 1. The number of nitro benzene ring substituents is 1. The summed E-state index contributed by atoms with van der Waals surface area (Å²) in [5.41, 5.74) is 0.816. The number of hydrogen-bond donors (Lipinski definition) is 0. The quantitative estimate of drug-likeness (QED) is 0.613. The monoisotopic (exact) mass is 247 g/mol. The number of methoxy groups -OCH3 is 1.